The molecule has 0 spiro atoms. The van der Waals surface area contributed by atoms with Crippen LogP contribution in [0.25, 0.3) is 0 Å². The van der Waals surface area contributed by atoms with Crippen LogP contribution in [0.2, 0.25) is 0 Å². The maximum atomic E-state index is 10.7. The Morgan fingerprint density at radius 2 is 2.22 bits per heavy atom. The molecule has 1 atom stereocenters. The first-order chi connectivity index (χ1) is 4.25. The van der Waals surface area contributed by atoms with Crippen LogP contribution >= 0.6 is 0 Å². The number of ether oxygens (including phenoxy) is 1. The lowest BCUT2D eigenvalue weighted by atomic mass is 10.2. The summed E-state index contributed by atoms with van der Waals surface area (Å²) in [5, 5.41) is 0. The zero-order valence-electron chi connectivity index (χ0n) is 5.89. The van der Waals surface area contributed by atoms with E-state index in [0.717, 1.165) is 12.8 Å². The highest BCUT2D eigenvalue weighted by Crippen LogP contribution is 2.34. The molecule has 0 aromatic rings. The average molecular weight is 128 g/mol. The first-order valence-corrected chi connectivity index (χ1v) is 3.29. The van der Waals surface area contributed by atoms with Gasteiger partial charge in [0.1, 0.15) is 6.10 Å². The van der Waals surface area contributed by atoms with Crippen molar-refractivity contribution in [2.45, 2.75) is 25.9 Å². The topological polar surface area (TPSA) is 26.3 Å². The molecule has 52 valence electrons. The van der Waals surface area contributed by atoms with Crippen LogP contribution in [-0.2, 0) is 9.53 Å². The Bertz CT molecular complexity index is 116. The van der Waals surface area contributed by atoms with Crippen molar-refractivity contribution in [1.29, 1.82) is 0 Å². The van der Waals surface area contributed by atoms with Gasteiger partial charge in [0.15, 0.2) is 5.78 Å². The van der Waals surface area contributed by atoms with Gasteiger partial charge >= 0.3 is 0 Å². The highest BCUT2D eigenvalue weighted by atomic mass is 16.5. The van der Waals surface area contributed by atoms with Crippen molar-refractivity contribution in [3.05, 3.63) is 0 Å². The molecular formula is C7H12O2. The van der Waals surface area contributed by atoms with Crippen LogP contribution in [0, 0.1) is 5.92 Å². The Morgan fingerprint density at radius 3 is 2.33 bits per heavy atom. The molecule has 0 heterocycles. The molecule has 0 radical (unpaired) electrons. The predicted molar refractivity (Wildman–Crippen MR) is 34.2 cm³/mol. The van der Waals surface area contributed by atoms with Crippen molar-refractivity contribution in [1.82, 2.24) is 0 Å². The van der Waals surface area contributed by atoms with E-state index in [2.05, 4.69) is 0 Å². The first kappa shape index (κ1) is 6.75. The third-order valence-electron chi connectivity index (χ3n) is 1.70. The number of hydrogen-bond donors (Lipinski definition) is 0. The zero-order valence-corrected chi connectivity index (χ0v) is 5.89. The Morgan fingerprint density at radius 1 is 1.67 bits per heavy atom. The highest BCUT2D eigenvalue weighted by Gasteiger charge is 2.33. The summed E-state index contributed by atoms with van der Waals surface area (Å²) in [6.07, 6.45) is 2.22. The quantitative estimate of drug-likeness (QED) is 0.566. The number of methoxy groups -OCH3 is 1. The average Bonchev–Trinajstić information content (AvgIpc) is 2.50. The Balaban J connectivity index is 2.37. The molecule has 0 aromatic carbocycles. The van der Waals surface area contributed by atoms with Crippen LogP contribution in [0.5, 0.6) is 0 Å². The second-order valence-corrected chi connectivity index (χ2v) is 2.60. The van der Waals surface area contributed by atoms with Crippen molar-refractivity contribution in [2.75, 3.05) is 7.11 Å². The van der Waals surface area contributed by atoms with E-state index in [4.69, 9.17) is 4.74 Å². The van der Waals surface area contributed by atoms with Gasteiger partial charge in [-0.3, -0.25) is 4.79 Å². The van der Waals surface area contributed by atoms with Crippen LogP contribution in [0.15, 0.2) is 0 Å². The van der Waals surface area contributed by atoms with Gasteiger partial charge in [0, 0.05) is 7.11 Å². The van der Waals surface area contributed by atoms with Crippen molar-refractivity contribution in [3.8, 4) is 0 Å². The van der Waals surface area contributed by atoms with Gasteiger partial charge in [0.2, 0.25) is 0 Å². The molecule has 1 fully saturated rings. The van der Waals surface area contributed by atoms with Gasteiger partial charge in [-0.2, -0.15) is 0 Å². The summed E-state index contributed by atoms with van der Waals surface area (Å²) < 4.78 is 4.99. The molecule has 0 saturated heterocycles. The zero-order chi connectivity index (χ0) is 6.85. The molecule has 1 aliphatic carbocycles. The summed E-state index contributed by atoms with van der Waals surface area (Å²) in [6.45, 7) is 1.59. The van der Waals surface area contributed by atoms with E-state index in [0.29, 0.717) is 5.92 Å². The Hall–Kier alpha value is -0.370. The molecule has 0 aliphatic heterocycles. The van der Waals surface area contributed by atoms with Crippen molar-refractivity contribution in [3.63, 3.8) is 0 Å². The standard InChI is InChI=1S/C7H12O2/c1-5(8)7(9-2)6-3-4-6/h6-7H,3-4H2,1-2H3/t7-/m1/s1. The van der Waals surface area contributed by atoms with E-state index >= 15 is 0 Å². The van der Waals surface area contributed by atoms with E-state index in [1.54, 1.807) is 14.0 Å². The third kappa shape index (κ3) is 1.52. The Kier molecular flexibility index (Phi) is 1.86. The lowest BCUT2D eigenvalue weighted by molar-refractivity contribution is -0.127. The fourth-order valence-electron chi connectivity index (χ4n) is 1.09. The second kappa shape index (κ2) is 2.48. The van der Waals surface area contributed by atoms with Crippen molar-refractivity contribution >= 4 is 5.78 Å². The van der Waals surface area contributed by atoms with Gasteiger partial charge in [-0.1, -0.05) is 0 Å². The molecule has 0 unspecified atom stereocenters. The minimum Gasteiger partial charge on any atom is -0.373 e. The van der Waals surface area contributed by atoms with E-state index in [9.17, 15) is 4.79 Å². The van der Waals surface area contributed by atoms with Crippen LogP contribution in [0.3, 0.4) is 0 Å². The number of carbonyl (C=O) groups is 1. The van der Waals surface area contributed by atoms with Crippen LogP contribution < -0.4 is 0 Å². The molecular weight excluding hydrogens is 116 g/mol. The summed E-state index contributed by atoms with van der Waals surface area (Å²) >= 11 is 0. The molecule has 0 bridgehead atoms. The van der Waals surface area contributed by atoms with E-state index < -0.39 is 0 Å². The molecule has 0 aromatic heterocycles. The summed E-state index contributed by atoms with van der Waals surface area (Å²) in [7, 11) is 1.60. The first-order valence-electron chi connectivity index (χ1n) is 3.29. The van der Waals surface area contributed by atoms with E-state index in [-0.39, 0.29) is 11.9 Å². The molecule has 2 nitrogen and oxygen atoms in total. The second-order valence-electron chi connectivity index (χ2n) is 2.60. The molecule has 1 aliphatic rings. The summed E-state index contributed by atoms with van der Waals surface area (Å²) in [4.78, 5) is 10.7. The third-order valence-corrected chi connectivity index (χ3v) is 1.70. The number of Topliss-reactive ketones (excluding diaryl/α,β-unsaturated/α-hetero) is 1. The lowest BCUT2D eigenvalue weighted by Gasteiger charge is -2.08. The fraction of sp³-hybridized carbons (Fsp3) is 0.857. The number of rotatable bonds is 3. The van der Waals surface area contributed by atoms with Crippen molar-refractivity contribution < 1.29 is 9.53 Å². The maximum absolute atomic E-state index is 10.7. The number of hydrogen-bond acceptors (Lipinski definition) is 2. The van der Waals surface area contributed by atoms with Crippen LogP contribution in [0.4, 0.5) is 0 Å². The molecule has 9 heavy (non-hydrogen) atoms. The SMILES string of the molecule is CO[C@H](C(C)=O)C1CC1. The Labute approximate surface area is 55.2 Å². The molecule has 1 saturated carbocycles. The van der Waals surface area contributed by atoms with Gasteiger partial charge in [0.05, 0.1) is 0 Å². The summed E-state index contributed by atoms with van der Waals surface area (Å²) in [5.41, 5.74) is 0. The smallest absolute Gasteiger partial charge is 0.158 e. The summed E-state index contributed by atoms with van der Waals surface area (Å²) in [6, 6.07) is 0. The predicted octanol–water partition coefficient (Wildman–Crippen LogP) is 1.00. The van der Waals surface area contributed by atoms with Gasteiger partial charge in [-0.05, 0) is 25.7 Å². The minimum atomic E-state index is -0.106. The monoisotopic (exact) mass is 128 g/mol. The molecule has 0 N–H and O–H groups in total. The van der Waals surface area contributed by atoms with E-state index in [1.165, 1.54) is 0 Å². The van der Waals surface area contributed by atoms with Crippen LogP contribution in [-0.4, -0.2) is 19.0 Å². The van der Waals surface area contributed by atoms with Gasteiger partial charge in [0.25, 0.3) is 0 Å². The maximum Gasteiger partial charge on any atom is 0.158 e. The van der Waals surface area contributed by atoms with Gasteiger partial charge in [-0.15, -0.1) is 0 Å². The normalized spacial score (nSPS) is 21.6. The molecule has 1 rings (SSSR count). The van der Waals surface area contributed by atoms with Crippen molar-refractivity contribution in [2.24, 2.45) is 5.92 Å². The fourth-order valence-corrected chi connectivity index (χ4v) is 1.09. The van der Waals surface area contributed by atoms with Gasteiger partial charge < -0.3 is 4.74 Å². The summed E-state index contributed by atoms with van der Waals surface area (Å²) in [5.74, 6) is 0.701. The largest absolute Gasteiger partial charge is 0.373 e. The van der Waals surface area contributed by atoms with Crippen LogP contribution in [0.1, 0.15) is 19.8 Å². The number of carbonyl (C=O) groups excluding carboxylic acids is 1. The molecule has 2 heteroatoms. The lowest BCUT2D eigenvalue weighted by Crippen LogP contribution is -2.21. The minimum absolute atomic E-state index is 0.106. The highest BCUT2D eigenvalue weighted by molar-refractivity contribution is 5.81. The van der Waals surface area contributed by atoms with E-state index in [1.807, 2.05) is 0 Å². The van der Waals surface area contributed by atoms with Gasteiger partial charge in [-0.25, -0.2) is 0 Å². The molecule has 0 amide bonds. The number of ketones is 1.